The van der Waals surface area contributed by atoms with E-state index in [0.29, 0.717) is 25.2 Å². The summed E-state index contributed by atoms with van der Waals surface area (Å²) in [5.74, 6) is 0.0929. The molecule has 0 aliphatic heterocycles. The molecule has 0 bridgehead atoms. The summed E-state index contributed by atoms with van der Waals surface area (Å²) < 4.78 is 4.68. The Hall–Kier alpha value is -2.89. The number of hydrogen-bond donors (Lipinski definition) is 1. The Morgan fingerprint density at radius 2 is 1.86 bits per heavy atom. The molecular formula is C15H13N3O3. The van der Waals surface area contributed by atoms with Gasteiger partial charge in [-0.2, -0.15) is 0 Å². The molecule has 106 valence electrons. The highest BCUT2D eigenvalue weighted by Crippen LogP contribution is 2.23. The monoisotopic (exact) mass is 283 g/mol. The molecule has 1 heterocycles. The van der Waals surface area contributed by atoms with Crippen molar-refractivity contribution in [2.24, 2.45) is 0 Å². The summed E-state index contributed by atoms with van der Waals surface area (Å²) in [6.45, 7) is 0.714. The summed E-state index contributed by atoms with van der Waals surface area (Å²) in [6, 6.07) is 12.6. The van der Waals surface area contributed by atoms with E-state index in [2.05, 4.69) is 14.9 Å². The fourth-order valence-corrected chi connectivity index (χ4v) is 2.08. The van der Waals surface area contributed by atoms with Gasteiger partial charge in [0.1, 0.15) is 22.5 Å². The van der Waals surface area contributed by atoms with Gasteiger partial charge in [-0.1, -0.05) is 18.2 Å². The number of rotatable bonds is 5. The van der Waals surface area contributed by atoms with Gasteiger partial charge in [0.2, 0.25) is 0 Å². The zero-order valence-electron chi connectivity index (χ0n) is 11.1. The van der Waals surface area contributed by atoms with E-state index in [-0.39, 0.29) is 5.75 Å². The highest BCUT2D eigenvalue weighted by molar-refractivity contribution is 5.73. The lowest BCUT2D eigenvalue weighted by Crippen LogP contribution is -2.02. The molecule has 3 rings (SSSR count). The Balaban J connectivity index is 1.96. The van der Waals surface area contributed by atoms with E-state index in [1.165, 1.54) is 4.80 Å². The zero-order chi connectivity index (χ0) is 14.7. The van der Waals surface area contributed by atoms with E-state index in [0.717, 1.165) is 16.6 Å². The first-order chi connectivity index (χ1) is 10.3. The van der Waals surface area contributed by atoms with Crippen molar-refractivity contribution in [2.75, 3.05) is 6.61 Å². The zero-order valence-corrected chi connectivity index (χ0v) is 11.1. The van der Waals surface area contributed by atoms with E-state index in [4.69, 9.17) is 0 Å². The molecule has 3 aromatic rings. The minimum Gasteiger partial charge on any atom is -0.506 e. The van der Waals surface area contributed by atoms with Crippen LogP contribution >= 0.6 is 0 Å². The van der Waals surface area contributed by atoms with Crippen LogP contribution in [0, 0.1) is 0 Å². The van der Waals surface area contributed by atoms with E-state index >= 15 is 0 Å². The molecule has 0 unspecified atom stereocenters. The Kier molecular flexibility index (Phi) is 3.51. The number of carbonyl (C=O) groups is 1. The van der Waals surface area contributed by atoms with Crippen molar-refractivity contribution in [2.45, 2.75) is 6.42 Å². The molecular weight excluding hydrogens is 270 g/mol. The Labute approximate surface area is 120 Å². The lowest BCUT2D eigenvalue weighted by molar-refractivity contribution is -0.128. The van der Waals surface area contributed by atoms with Crippen LogP contribution < -0.4 is 0 Å². The van der Waals surface area contributed by atoms with Crippen LogP contribution in [0.5, 0.6) is 5.75 Å². The lowest BCUT2D eigenvalue weighted by atomic mass is 10.1. The molecule has 0 aliphatic carbocycles. The quantitative estimate of drug-likeness (QED) is 0.571. The van der Waals surface area contributed by atoms with Gasteiger partial charge in [0.15, 0.2) is 0 Å². The number of fused-ring (bicyclic) bond motifs is 1. The second kappa shape index (κ2) is 5.62. The Morgan fingerprint density at radius 3 is 2.52 bits per heavy atom. The summed E-state index contributed by atoms with van der Waals surface area (Å²) in [4.78, 5) is 11.6. The number of phenols is 1. The molecule has 0 saturated heterocycles. The fraction of sp³-hybridized carbons (Fsp3) is 0.133. The molecule has 0 aliphatic rings. The maximum absolute atomic E-state index is 10.2. The van der Waals surface area contributed by atoms with Gasteiger partial charge in [-0.05, 0) is 29.8 Å². The first-order valence-electron chi connectivity index (χ1n) is 6.47. The largest absolute Gasteiger partial charge is 0.506 e. The second-order valence-corrected chi connectivity index (χ2v) is 4.52. The predicted molar refractivity (Wildman–Crippen MR) is 76.2 cm³/mol. The SMILES string of the molecule is O=COCCc1ccc(O)c(-n2nc3ccccc3n2)c1. The van der Waals surface area contributed by atoms with Gasteiger partial charge in [-0.25, -0.2) is 0 Å². The van der Waals surface area contributed by atoms with Crippen LogP contribution in [-0.4, -0.2) is 33.2 Å². The van der Waals surface area contributed by atoms with Crippen LogP contribution in [0.3, 0.4) is 0 Å². The molecule has 21 heavy (non-hydrogen) atoms. The van der Waals surface area contributed by atoms with Gasteiger partial charge in [0.05, 0.1) is 6.61 Å². The number of aromatic hydroxyl groups is 1. The number of aromatic nitrogens is 3. The molecule has 2 aromatic carbocycles. The van der Waals surface area contributed by atoms with Crippen molar-refractivity contribution in [3.05, 3.63) is 48.0 Å². The maximum atomic E-state index is 10.2. The normalized spacial score (nSPS) is 10.7. The van der Waals surface area contributed by atoms with Crippen LogP contribution in [0.2, 0.25) is 0 Å². The van der Waals surface area contributed by atoms with Crippen molar-refractivity contribution in [3.8, 4) is 11.4 Å². The number of nitrogens with zero attached hydrogens (tertiary/aromatic N) is 3. The summed E-state index contributed by atoms with van der Waals surface area (Å²) in [5.41, 5.74) is 2.93. The number of carbonyl (C=O) groups excluding carboxylic acids is 1. The van der Waals surface area contributed by atoms with Crippen molar-refractivity contribution < 1.29 is 14.6 Å². The third-order valence-corrected chi connectivity index (χ3v) is 3.12. The maximum Gasteiger partial charge on any atom is 0.293 e. The van der Waals surface area contributed by atoms with Crippen molar-refractivity contribution in [1.29, 1.82) is 0 Å². The standard InChI is InChI=1S/C15H13N3O3/c19-10-21-8-7-11-5-6-15(20)14(9-11)18-16-12-3-1-2-4-13(12)17-18/h1-6,9-10,20H,7-8H2. The average Bonchev–Trinajstić information content (AvgIpc) is 2.93. The van der Waals surface area contributed by atoms with Crippen LogP contribution in [-0.2, 0) is 16.0 Å². The van der Waals surface area contributed by atoms with E-state index in [9.17, 15) is 9.90 Å². The van der Waals surface area contributed by atoms with E-state index in [1.807, 2.05) is 24.3 Å². The molecule has 0 amide bonds. The van der Waals surface area contributed by atoms with Crippen molar-refractivity contribution in [3.63, 3.8) is 0 Å². The molecule has 6 nitrogen and oxygen atoms in total. The lowest BCUT2D eigenvalue weighted by Gasteiger charge is -2.06. The smallest absolute Gasteiger partial charge is 0.293 e. The van der Waals surface area contributed by atoms with Crippen LogP contribution in [0.25, 0.3) is 16.7 Å². The van der Waals surface area contributed by atoms with Gasteiger partial charge in [-0.15, -0.1) is 15.0 Å². The van der Waals surface area contributed by atoms with Crippen LogP contribution in [0.15, 0.2) is 42.5 Å². The third kappa shape index (κ3) is 2.69. The van der Waals surface area contributed by atoms with E-state index in [1.54, 1.807) is 18.2 Å². The molecule has 1 aromatic heterocycles. The molecule has 0 atom stereocenters. The minimum absolute atomic E-state index is 0.0929. The first-order valence-corrected chi connectivity index (χ1v) is 6.47. The highest BCUT2D eigenvalue weighted by atomic mass is 16.5. The summed E-state index contributed by atoms with van der Waals surface area (Å²) >= 11 is 0. The average molecular weight is 283 g/mol. The van der Waals surface area contributed by atoms with Gasteiger partial charge < -0.3 is 9.84 Å². The van der Waals surface area contributed by atoms with Crippen LogP contribution in [0.1, 0.15) is 5.56 Å². The van der Waals surface area contributed by atoms with Crippen molar-refractivity contribution in [1.82, 2.24) is 15.0 Å². The number of benzene rings is 2. The number of ether oxygens (including phenoxy) is 1. The number of phenolic OH excluding ortho intramolecular Hbond substituents is 1. The van der Waals surface area contributed by atoms with Gasteiger partial charge >= 0.3 is 0 Å². The second-order valence-electron chi connectivity index (χ2n) is 4.52. The highest BCUT2D eigenvalue weighted by Gasteiger charge is 2.09. The molecule has 6 heteroatoms. The van der Waals surface area contributed by atoms with Gasteiger partial charge in [0.25, 0.3) is 6.47 Å². The van der Waals surface area contributed by atoms with Crippen LogP contribution in [0.4, 0.5) is 0 Å². The summed E-state index contributed by atoms with van der Waals surface area (Å²) in [5, 5.41) is 18.7. The molecule has 0 fully saturated rings. The van der Waals surface area contributed by atoms with Gasteiger partial charge in [0, 0.05) is 6.42 Å². The molecule has 0 spiro atoms. The Bertz CT molecular complexity index is 750. The first kappa shape index (κ1) is 13.1. The van der Waals surface area contributed by atoms with Crippen molar-refractivity contribution >= 4 is 17.5 Å². The summed E-state index contributed by atoms with van der Waals surface area (Å²) in [7, 11) is 0. The predicted octanol–water partition coefficient (Wildman–Crippen LogP) is 1.84. The van der Waals surface area contributed by atoms with E-state index < -0.39 is 0 Å². The number of hydrogen-bond acceptors (Lipinski definition) is 5. The topological polar surface area (TPSA) is 77.2 Å². The fourth-order valence-electron chi connectivity index (χ4n) is 2.08. The molecule has 0 saturated carbocycles. The minimum atomic E-state index is 0.0929. The third-order valence-electron chi connectivity index (χ3n) is 3.12. The summed E-state index contributed by atoms with van der Waals surface area (Å²) in [6.07, 6.45) is 0.562. The molecule has 0 radical (unpaired) electrons. The Morgan fingerprint density at radius 1 is 1.14 bits per heavy atom. The van der Waals surface area contributed by atoms with Gasteiger partial charge in [-0.3, -0.25) is 4.79 Å². The molecule has 1 N–H and O–H groups in total.